The summed E-state index contributed by atoms with van der Waals surface area (Å²) in [7, 11) is 1.71. The molecule has 0 aromatic heterocycles. The Morgan fingerprint density at radius 1 is 1.07 bits per heavy atom. The van der Waals surface area contributed by atoms with Crippen LogP contribution in [0.15, 0.2) is 0 Å². The van der Waals surface area contributed by atoms with Crippen LogP contribution in [0.2, 0.25) is 0 Å². The molecule has 1 unspecified atom stereocenters. The molecule has 0 aliphatic heterocycles. The SMILES string of the molecule is COCCCOCCCC(N)C(C)(C)C. The summed E-state index contributed by atoms with van der Waals surface area (Å²) in [4.78, 5) is 0. The van der Waals surface area contributed by atoms with E-state index in [1.807, 2.05) is 0 Å². The lowest BCUT2D eigenvalue weighted by Crippen LogP contribution is -2.35. The Balaban J connectivity index is 3.24. The van der Waals surface area contributed by atoms with Crippen molar-refractivity contribution in [2.75, 3.05) is 26.9 Å². The molecule has 0 aliphatic carbocycles. The molecular formula is C12H27NO2. The fourth-order valence-corrected chi connectivity index (χ4v) is 1.25. The normalized spacial score (nSPS) is 14.2. The Kier molecular flexibility index (Phi) is 8.02. The molecular weight excluding hydrogens is 190 g/mol. The number of hydrogen-bond donors (Lipinski definition) is 1. The average Bonchev–Trinajstić information content (AvgIpc) is 2.14. The lowest BCUT2D eigenvalue weighted by molar-refractivity contribution is 0.0975. The predicted molar refractivity (Wildman–Crippen MR) is 64.0 cm³/mol. The third-order valence-corrected chi connectivity index (χ3v) is 2.55. The highest BCUT2D eigenvalue weighted by Gasteiger charge is 2.19. The molecule has 3 heteroatoms. The zero-order valence-electron chi connectivity index (χ0n) is 10.7. The van der Waals surface area contributed by atoms with Gasteiger partial charge in [0.05, 0.1) is 0 Å². The van der Waals surface area contributed by atoms with E-state index in [0.29, 0.717) is 0 Å². The second kappa shape index (κ2) is 8.08. The minimum Gasteiger partial charge on any atom is -0.385 e. The quantitative estimate of drug-likeness (QED) is 0.634. The molecule has 1 atom stereocenters. The largest absolute Gasteiger partial charge is 0.385 e. The van der Waals surface area contributed by atoms with Gasteiger partial charge in [-0.2, -0.15) is 0 Å². The van der Waals surface area contributed by atoms with E-state index in [0.717, 1.165) is 39.1 Å². The van der Waals surface area contributed by atoms with Crippen LogP contribution in [0.25, 0.3) is 0 Å². The molecule has 0 rings (SSSR count). The number of methoxy groups -OCH3 is 1. The number of ether oxygens (including phenoxy) is 2. The summed E-state index contributed by atoms with van der Waals surface area (Å²) in [5.74, 6) is 0. The van der Waals surface area contributed by atoms with Crippen LogP contribution in [0, 0.1) is 5.41 Å². The first-order chi connectivity index (χ1) is 6.98. The Morgan fingerprint density at radius 2 is 1.67 bits per heavy atom. The van der Waals surface area contributed by atoms with Gasteiger partial charge in [0.25, 0.3) is 0 Å². The standard InChI is InChI=1S/C12H27NO2/c1-12(2,3)11(13)7-5-9-15-10-6-8-14-4/h11H,5-10,13H2,1-4H3. The molecule has 0 radical (unpaired) electrons. The monoisotopic (exact) mass is 217 g/mol. The van der Waals surface area contributed by atoms with Crippen LogP contribution in [0.3, 0.4) is 0 Å². The van der Waals surface area contributed by atoms with E-state index in [-0.39, 0.29) is 11.5 Å². The number of hydrogen-bond acceptors (Lipinski definition) is 3. The van der Waals surface area contributed by atoms with Crippen LogP contribution < -0.4 is 5.73 Å². The summed E-state index contributed by atoms with van der Waals surface area (Å²) < 4.78 is 10.4. The van der Waals surface area contributed by atoms with Crippen LogP contribution in [-0.2, 0) is 9.47 Å². The molecule has 0 aromatic carbocycles. The fourth-order valence-electron chi connectivity index (χ4n) is 1.25. The van der Waals surface area contributed by atoms with Gasteiger partial charge in [0.1, 0.15) is 0 Å². The third kappa shape index (κ3) is 8.85. The zero-order valence-corrected chi connectivity index (χ0v) is 10.7. The van der Waals surface area contributed by atoms with Gasteiger partial charge in [0.15, 0.2) is 0 Å². The highest BCUT2D eigenvalue weighted by atomic mass is 16.5. The van der Waals surface area contributed by atoms with Crippen LogP contribution in [0.1, 0.15) is 40.0 Å². The molecule has 0 fully saturated rings. The van der Waals surface area contributed by atoms with Crippen molar-refractivity contribution in [1.29, 1.82) is 0 Å². The Labute approximate surface area is 94.3 Å². The van der Waals surface area contributed by atoms with E-state index in [1.54, 1.807) is 7.11 Å². The van der Waals surface area contributed by atoms with Crippen LogP contribution in [0.4, 0.5) is 0 Å². The van der Waals surface area contributed by atoms with Crippen molar-refractivity contribution in [2.45, 2.75) is 46.1 Å². The van der Waals surface area contributed by atoms with Gasteiger partial charge < -0.3 is 15.2 Å². The summed E-state index contributed by atoms with van der Waals surface area (Å²) in [6.07, 6.45) is 3.06. The van der Waals surface area contributed by atoms with Gasteiger partial charge in [-0.05, 0) is 24.7 Å². The minimum atomic E-state index is 0.204. The van der Waals surface area contributed by atoms with Crippen molar-refractivity contribution >= 4 is 0 Å². The van der Waals surface area contributed by atoms with E-state index >= 15 is 0 Å². The van der Waals surface area contributed by atoms with Gasteiger partial charge in [0, 0.05) is 33.0 Å². The molecule has 0 saturated carbocycles. The molecule has 92 valence electrons. The number of nitrogens with two attached hydrogens (primary N) is 1. The lowest BCUT2D eigenvalue weighted by atomic mass is 9.85. The second-order valence-corrected chi connectivity index (χ2v) is 5.07. The van der Waals surface area contributed by atoms with Crippen molar-refractivity contribution in [2.24, 2.45) is 11.1 Å². The molecule has 3 nitrogen and oxygen atoms in total. The highest BCUT2D eigenvalue weighted by molar-refractivity contribution is 4.76. The first kappa shape index (κ1) is 14.9. The Hall–Kier alpha value is -0.120. The summed E-state index contributed by atoms with van der Waals surface area (Å²) in [5, 5.41) is 0. The maximum atomic E-state index is 6.04. The van der Waals surface area contributed by atoms with Crippen molar-refractivity contribution in [3.63, 3.8) is 0 Å². The molecule has 0 aromatic rings. The average molecular weight is 217 g/mol. The van der Waals surface area contributed by atoms with E-state index in [4.69, 9.17) is 15.2 Å². The second-order valence-electron chi connectivity index (χ2n) is 5.07. The molecule has 2 N–H and O–H groups in total. The van der Waals surface area contributed by atoms with Crippen LogP contribution in [0.5, 0.6) is 0 Å². The van der Waals surface area contributed by atoms with Gasteiger partial charge in [-0.1, -0.05) is 20.8 Å². The molecule has 0 spiro atoms. The van der Waals surface area contributed by atoms with E-state index in [1.165, 1.54) is 0 Å². The predicted octanol–water partition coefficient (Wildman–Crippen LogP) is 2.19. The Bertz CT molecular complexity index is 143. The van der Waals surface area contributed by atoms with Gasteiger partial charge in [0.2, 0.25) is 0 Å². The van der Waals surface area contributed by atoms with Gasteiger partial charge >= 0.3 is 0 Å². The first-order valence-corrected chi connectivity index (χ1v) is 5.80. The highest BCUT2D eigenvalue weighted by Crippen LogP contribution is 2.20. The summed E-state index contributed by atoms with van der Waals surface area (Å²) in [6, 6.07) is 0.264. The topological polar surface area (TPSA) is 44.5 Å². The smallest absolute Gasteiger partial charge is 0.0487 e. The molecule has 0 bridgehead atoms. The van der Waals surface area contributed by atoms with Crippen LogP contribution >= 0.6 is 0 Å². The van der Waals surface area contributed by atoms with Crippen molar-refractivity contribution < 1.29 is 9.47 Å². The van der Waals surface area contributed by atoms with E-state index in [9.17, 15) is 0 Å². The van der Waals surface area contributed by atoms with Gasteiger partial charge in [-0.15, -0.1) is 0 Å². The van der Waals surface area contributed by atoms with Crippen LogP contribution in [-0.4, -0.2) is 33.0 Å². The Morgan fingerprint density at radius 3 is 2.20 bits per heavy atom. The molecule has 15 heavy (non-hydrogen) atoms. The molecule has 0 aliphatic rings. The first-order valence-electron chi connectivity index (χ1n) is 5.80. The minimum absolute atomic E-state index is 0.204. The van der Waals surface area contributed by atoms with Gasteiger partial charge in [-0.25, -0.2) is 0 Å². The number of rotatable bonds is 8. The fraction of sp³-hybridized carbons (Fsp3) is 1.00. The maximum absolute atomic E-state index is 6.04. The summed E-state index contributed by atoms with van der Waals surface area (Å²) in [6.45, 7) is 8.92. The van der Waals surface area contributed by atoms with Crippen molar-refractivity contribution in [3.8, 4) is 0 Å². The zero-order chi connectivity index (χ0) is 11.7. The third-order valence-electron chi connectivity index (χ3n) is 2.55. The van der Waals surface area contributed by atoms with E-state index in [2.05, 4.69) is 20.8 Å². The summed E-state index contributed by atoms with van der Waals surface area (Å²) in [5.41, 5.74) is 6.24. The van der Waals surface area contributed by atoms with Crippen molar-refractivity contribution in [1.82, 2.24) is 0 Å². The maximum Gasteiger partial charge on any atom is 0.0487 e. The summed E-state index contributed by atoms with van der Waals surface area (Å²) >= 11 is 0. The van der Waals surface area contributed by atoms with E-state index < -0.39 is 0 Å². The van der Waals surface area contributed by atoms with Crippen molar-refractivity contribution in [3.05, 3.63) is 0 Å². The lowest BCUT2D eigenvalue weighted by Gasteiger charge is -2.26. The molecule has 0 heterocycles. The molecule has 0 amide bonds. The molecule has 0 saturated heterocycles. The van der Waals surface area contributed by atoms with Gasteiger partial charge in [-0.3, -0.25) is 0 Å².